The minimum atomic E-state index is -0.319. The van der Waals surface area contributed by atoms with Gasteiger partial charge in [-0.25, -0.2) is 0 Å². The highest BCUT2D eigenvalue weighted by Crippen LogP contribution is 2.13. The van der Waals surface area contributed by atoms with Gasteiger partial charge in [0.1, 0.15) is 0 Å². The van der Waals surface area contributed by atoms with E-state index in [0.717, 1.165) is 19.6 Å². The van der Waals surface area contributed by atoms with Gasteiger partial charge in [0.25, 0.3) is 0 Å². The maximum atomic E-state index is 8.89. The van der Waals surface area contributed by atoms with Crippen LogP contribution in [-0.2, 0) is 4.74 Å². The van der Waals surface area contributed by atoms with Crippen LogP contribution in [0.1, 0.15) is 13.3 Å². The van der Waals surface area contributed by atoms with Gasteiger partial charge in [-0.3, -0.25) is 0 Å². The molecule has 0 aliphatic carbocycles. The summed E-state index contributed by atoms with van der Waals surface area (Å²) >= 11 is 0. The monoisotopic (exact) mass is 142 g/mol. The zero-order chi connectivity index (χ0) is 7.40. The van der Waals surface area contributed by atoms with Gasteiger partial charge in [-0.1, -0.05) is 12.2 Å². The molecule has 1 rings (SSSR count). The maximum absolute atomic E-state index is 8.89. The van der Waals surface area contributed by atoms with Crippen molar-refractivity contribution in [1.82, 2.24) is 0 Å². The fraction of sp³-hybridized carbons (Fsp3) is 0.750. The van der Waals surface area contributed by atoms with Crippen molar-refractivity contribution >= 4 is 0 Å². The quantitative estimate of drug-likeness (QED) is 0.582. The average Bonchev–Trinajstić information content (AvgIpc) is 2.34. The van der Waals surface area contributed by atoms with E-state index in [1.165, 1.54) is 0 Å². The van der Waals surface area contributed by atoms with E-state index in [4.69, 9.17) is 9.84 Å². The predicted molar refractivity (Wildman–Crippen MR) is 39.7 cm³/mol. The Morgan fingerprint density at radius 2 is 2.50 bits per heavy atom. The van der Waals surface area contributed by atoms with Gasteiger partial charge in [-0.2, -0.15) is 0 Å². The predicted octanol–water partition coefficient (Wildman–Crippen LogP) is 0.960. The molecule has 2 unspecified atom stereocenters. The molecule has 58 valence electrons. The number of aliphatic hydroxyl groups excluding tert-OH is 1. The number of rotatable bonds is 2. The summed E-state index contributed by atoms with van der Waals surface area (Å²) < 4.78 is 5.16. The van der Waals surface area contributed by atoms with E-state index in [2.05, 4.69) is 0 Å². The maximum Gasteiger partial charge on any atom is 0.0692 e. The molecule has 0 aromatic heterocycles. The summed E-state index contributed by atoms with van der Waals surface area (Å²) in [6.45, 7) is 3.45. The molecule has 0 saturated carbocycles. The molecule has 1 fully saturated rings. The van der Waals surface area contributed by atoms with E-state index in [0.29, 0.717) is 5.92 Å². The van der Waals surface area contributed by atoms with E-state index in [9.17, 15) is 0 Å². The molecule has 2 nitrogen and oxygen atoms in total. The molecule has 2 atom stereocenters. The summed E-state index contributed by atoms with van der Waals surface area (Å²) in [6, 6.07) is 0. The topological polar surface area (TPSA) is 29.5 Å². The van der Waals surface area contributed by atoms with Gasteiger partial charge >= 0.3 is 0 Å². The lowest BCUT2D eigenvalue weighted by atomic mass is 10.1. The first-order chi connectivity index (χ1) is 4.79. The molecule has 0 radical (unpaired) electrons. The second-order valence-corrected chi connectivity index (χ2v) is 2.75. The molecule has 1 aliphatic heterocycles. The summed E-state index contributed by atoms with van der Waals surface area (Å²) in [7, 11) is 0. The molecule has 10 heavy (non-hydrogen) atoms. The molecule has 0 bridgehead atoms. The molecule has 0 spiro atoms. The molecule has 1 aliphatic rings. The van der Waals surface area contributed by atoms with Crippen LogP contribution >= 0.6 is 0 Å². The molecule has 0 amide bonds. The van der Waals surface area contributed by atoms with Gasteiger partial charge in [0.15, 0.2) is 0 Å². The fourth-order valence-corrected chi connectivity index (χ4v) is 1.02. The van der Waals surface area contributed by atoms with Gasteiger partial charge < -0.3 is 9.84 Å². The number of hydrogen-bond donors (Lipinski definition) is 1. The smallest absolute Gasteiger partial charge is 0.0692 e. The van der Waals surface area contributed by atoms with Crippen LogP contribution in [0.2, 0.25) is 0 Å². The first-order valence-corrected chi connectivity index (χ1v) is 3.73. The Labute approximate surface area is 61.5 Å². The van der Waals surface area contributed by atoms with Crippen molar-refractivity contribution in [2.45, 2.75) is 19.4 Å². The van der Waals surface area contributed by atoms with Crippen LogP contribution < -0.4 is 0 Å². The standard InChI is InChI=1S/C8H14O2/c1-7(9)2-3-8-4-5-10-6-8/h2-3,7-9H,4-6H2,1H3/b3-2+. The van der Waals surface area contributed by atoms with Crippen molar-refractivity contribution in [2.75, 3.05) is 13.2 Å². The van der Waals surface area contributed by atoms with Crippen molar-refractivity contribution in [1.29, 1.82) is 0 Å². The minimum Gasteiger partial charge on any atom is -0.389 e. The van der Waals surface area contributed by atoms with Crippen molar-refractivity contribution in [3.8, 4) is 0 Å². The summed E-state index contributed by atoms with van der Waals surface area (Å²) in [5, 5.41) is 8.89. The van der Waals surface area contributed by atoms with Crippen molar-refractivity contribution < 1.29 is 9.84 Å². The summed E-state index contributed by atoms with van der Waals surface area (Å²) in [5.41, 5.74) is 0. The number of hydrogen-bond acceptors (Lipinski definition) is 2. The first kappa shape index (κ1) is 7.76. The van der Waals surface area contributed by atoms with Crippen LogP contribution in [0.25, 0.3) is 0 Å². The fourth-order valence-electron chi connectivity index (χ4n) is 1.02. The molecule has 0 aromatic carbocycles. The third-order valence-corrected chi connectivity index (χ3v) is 1.63. The van der Waals surface area contributed by atoms with Gasteiger partial charge in [0.2, 0.25) is 0 Å². The lowest BCUT2D eigenvalue weighted by Gasteiger charge is -1.98. The second kappa shape index (κ2) is 3.74. The molecular formula is C8H14O2. The van der Waals surface area contributed by atoms with Gasteiger partial charge in [0.05, 0.1) is 12.7 Å². The Kier molecular flexibility index (Phi) is 2.90. The SMILES string of the molecule is CC(O)/C=C/C1CCOC1. The molecule has 1 heterocycles. The Morgan fingerprint density at radius 3 is 3.00 bits per heavy atom. The summed E-state index contributed by atoms with van der Waals surface area (Å²) in [4.78, 5) is 0. The largest absolute Gasteiger partial charge is 0.389 e. The van der Waals surface area contributed by atoms with E-state index in [1.807, 2.05) is 12.2 Å². The van der Waals surface area contributed by atoms with Gasteiger partial charge in [-0.15, -0.1) is 0 Å². The third kappa shape index (κ3) is 2.50. The van der Waals surface area contributed by atoms with Gasteiger partial charge in [-0.05, 0) is 13.3 Å². The lowest BCUT2D eigenvalue weighted by Crippen LogP contribution is -1.97. The highest BCUT2D eigenvalue weighted by molar-refractivity contribution is 4.93. The van der Waals surface area contributed by atoms with Crippen molar-refractivity contribution in [2.24, 2.45) is 5.92 Å². The summed E-state index contributed by atoms with van der Waals surface area (Å²) in [5.74, 6) is 0.537. The number of ether oxygens (including phenoxy) is 1. The Bertz CT molecular complexity index is 112. The molecule has 1 N–H and O–H groups in total. The Morgan fingerprint density at radius 1 is 1.70 bits per heavy atom. The first-order valence-electron chi connectivity index (χ1n) is 3.73. The Balaban J connectivity index is 2.23. The molecule has 2 heteroatoms. The van der Waals surface area contributed by atoms with Crippen molar-refractivity contribution in [3.63, 3.8) is 0 Å². The minimum absolute atomic E-state index is 0.319. The zero-order valence-electron chi connectivity index (χ0n) is 6.29. The highest BCUT2D eigenvalue weighted by Gasteiger charge is 2.11. The lowest BCUT2D eigenvalue weighted by molar-refractivity contribution is 0.191. The van der Waals surface area contributed by atoms with Crippen LogP contribution in [0.3, 0.4) is 0 Å². The normalized spacial score (nSPS) is 29.6. The molecular weight excluding hydrogens is 128 g/mol. The van der Waals surface area contributed by atoms with Gasteiger partial charge in [0, 0.05) is 12.5 Å². The van der Waals surface area contributed by atoms with Crippen LogP contribution in [0.15, 0.2) is 12.2 Å². The molecule has 1 saturated heterocycles. The van der Waals surface area contributed by atoms with E-state index in [1.54, 1.807) is 6.92 Å². The summed E-state index contributed by atoms with van der Waals surface area (Å²) in [6.07, 6.45) is 4.64. The van der Waals surface area contributed by atoms with Crippen LogP contribution in [-0.4, -0.2) is 24.4 Å². The van der Waals surface area contributed by atoms with E-state index in [-0.39, 0.29) is 6.10 Å². The average molecular weight is 142 g/mol. The Hall–Kier alpha value is -0.340. The third-order valence-electron chi connectivity index (χ3n) is 1.63. The van der Waals surface area contributed by atoms with Crippen LogP contribution in [0.4, 0.5) is 0 Å². The molecule has 0 aromatic rings. The number of aliphatic hydroxyl groups is 1. The van der Waals surface area contributed by atoms with Crippen LogP contribution in [0, 0.1) is 5.92 Å². The van der Waals surface area contributed by atoms with Crippen molar-refractivity contribution in [3.05, 3.63) is 12.2 Å². The highest BCUT2D eigenvalue weighted by atomic mass is 16.5. The second-order valence-electron chi connectivity index (χ2n) is 2.75. The van der Waals surface area contributed by atoms with E-state index >= 15 is 0 Å². The van der Waals surface area contributed by atoms with Crippen LogP contribution in [0.5, 0.6) is 0 Å². The zero-order valence-corrected chi connectivity index (χ0v) is 6.29. The van der Waals surface area contributed by atoms with E-state index < -0.39 is 0 Å².